The van der Waals surface area contributed by atoms with Crippen LogP contribution in [-0.2, 0) is 0 Å². The number of piperidine rings is 1. The van der Waals surface area contributed by atoms with E-state index in [9.17, 15) is 0 Å². The van der Waals surface area contributed by atoms with Crippen LogP contribution in [0.1, 0.15) is 49.8 Å². The molecule has 1 aliphatic carbocycles. The van der Waals surface area contributed by atoms with E-state index in [0.29, 0.717) is 12.1 Å². The van der Waals surface area contributed by atoms with Crippen molar-refractivity contribution in [2.75, 3.05) is 6.54 Å². The molecule has 1 aromatic rings. The summed E-state index contributed by atoms with van der Waals surface area (Å²) in [5, 5.41) is 0. The van der Waals surface area contributed by atoms with Gasteiger partial charge in [-0.3, -0.25) is 4.90 Å². The van der Waals surface area contributed by atoms with Gasteiger partial charge in [0.15, 0.2) is 0 Å². The van der Waals surface area contributed by atoms with Crippen LogP contribution in [0.3, 0.4) is 0 Å². The summed E-state index contributed by atoms with van der Waals surface area (Å²) in [6.07, 6.45) is 2.71. The molecule has 1 saturated heterocycles. The van der Waals surface area contributed by atoms with Gasteiger partial charge in [-0.2, -0.15) is 0 Å². The molecule has 0 N–H and O–H groups in total. The van der Waals surface area contributed by atoms with E-state index in [4.69, 9.17) is 0 Å². The van der Waals surface area contributed by atoms with Crippen molar-refractivity contribution in [2.45, 2.75) is 44.7 Å². The Bertz CT molecular complexity index is 369. The topological polar surface area (TPSA) is 3.24 Å². The number of rotatable bonds is 1. The third kappa shape index (κ3) is 1.33. The fraction of sp³-hybridized carbons (Fsp3) is 0.571. The highest BCUT2D eigenvalue weighted by molar-refractivity contribution is 5.39. The van der Waals surface area contributed by atoms with Crippen molar-refractivity contribution in [1.82, 2.24) is 4.90 Å². The van der Waals surface area contributed by atoms with Crippen LogP contribution < -0.4 is 0 Å². The molecule has 1 heterocycles. The first kappa shape index (κ1) is 9.41. The minimum atomic E-state index is 0.683. The molecule has 80 valence electrons. The monoisotopic (exact) mass is 201 g/mol. The zero-order chi connectivity index (χ0) is 10.4. The third-order valence-electron chi connectivity index (χ3n) is 4.10. The fourth-order valence-corrected chi connectivity index (χ4v) is 3.38. The molecular weight excluding hydrogens is 182 g/mol. The first-order chi connectivity index (χ1) is 7.27. The summed E-state index contributed by atoms with van der Waals surface area (Å²) in [6.45, 7) is 5.92. The molecule has 15 heavy (non-hydrogen) atoms. The minimum absolute atomic E-state index is 0.683. The lowest BCUT2D eigenvalue weighted by Crippen LogP contribution is -2.37. The number of benzene rings is 1. The molecule has 0 radical (unpaired) electrons. The molecular formula is C14H19N. The predicted octanol–water partition coefficient (Wildman–Crippen LogP) is 3.33. The van der Waals surface area contributed by atoms with Crippen LogP contribution in [-0.4, -0.2) is 17.5 Å². The second kappa shape index (κ2) is 3.34. The third-order valence-corrected chi connectivity index (χ3v) is 4.10. The van der Waals surface area contributed by atoms with Crippen molar-refractivity contribution < 1.29 is 0 Å². The maximum absolute atomic E-state index is 2.67. The summed E-state index contributed by atoms with van der Waals surface area (Å²) < 4.78 is 0. The molecule has 1 unspecified atom stereocenters. The summed E-state index contributed by atoms with van der Waals surface area (Å²) >= 11 is 0. The van der Waals surface area contributed by atoms with Gasteiger partial charge in [0.25, 0.3) is 0 Å². The van der Waals surface area contributed by atoms with Gasteiger partial charge < -0.3 is 0 Å². The number of likely N-dealkylation sites (tertiary alicyclic amines) is 1. The van der Waals surface area contributed by atoms with Crippen molar-refractivity contribution in [3.05, 3.63) is 35.4 Å². The average Bonchev–Trinajstić information content (AvgIpc) is 2.54. The van der Waals surface area contributed by atoms with E-state index in [0.717, 1.165) is 5.92 Å². The van der Waals surface area contributed by atoms with E-state index < -0.39 is 0 Å². The fourth-order valence-electron chi connectivity index (χ4n) is 3.38. The molecule has 3 rings (SSSR count). The number of nitrogens with zero attached hydrogens (tertiary/aromatic N) is 1. The Morgan fingerprint density at radius 1 is 1.20 bits per heavy atom. The Labute approximate surface area is 92.1 Å². The zero-order valence-electron chi connectivity index (χ0n) is 9.61. The Morgan fingerprint density at radius 2 is 1.93 bits per heavy atom. The summed E-state index contributed by atoms with van der Waals surface area (Å²) in [5.74, 6) is 0.848. The van der Waals surface area contributed by atoms with E-state index in [1.165, 1.54) is 19.4 Å². The highest BCUT2D eigenvalue weighted by atomic mass is 15.2. The lowest BCUT2D eigenvalue weighted by Gasteiger charge is -2.36. The smallest absolute Gasteiger partial charge is 0.0359 e. The van der Waals surface area contributed by atoms with Gasteiger partial charge in [0.2, 0.25) is 0 Å². The van der Waals surface area contributed by atoms with Crippen molar-refractivity contribution in [1.29, 1.82) is 0 Å². The quantitative estimate of drug-likeness (QED) is 0.673. The highest BCUT2D eigenvalue weighted by Crippen LogP contribution is 2.49. The van der Waals surface area contributed by atoms with Crippen LogP contribution in [0.25, 0.3) is 0 Å². The number of hydrogen-bond acceptors (Lipinski definition) is 1. The second-order valence-electron chi connectivity index (χ2n) is 5.20. The van der Waals surface area contributed by atoms with Gasteiger partial charge in [-0.25, -0.2) is 0 Å². The van der Waals surface area contributed by atoms with Gasteiger partial charge in [-0.05, 0) is 50.3 Å². The Morgan fingerprint density at radius 3 is 2.67 bits per heavy atom. The predicted molar refractivity (Wildman–Crippen MR) is 63.0 cm³/mol. The molecule has 1 nitrogen and oxygen atoms in total. The van der Waals surface area contributed by atoms with Gasteiger partial charge in [-0.15, -0.1) is 0 Å². The molecule has 0 spiro atoms. The summed E-state index contributed by atoms with van der Waals surface area (Å²) in [7, 11) is 0. The van der Waals surface area contributed by atoms with Crippen LogP contribution >= 0.6 is 0 Å². The highest BCUT2D eigenvalue weighted by Gasteiger charge is 2.38. The molecule has 1 fully saturated rings. The molecule has 2 aliphatic rings. The molecule has 1 aromatic carbocycles. The van der Waals surface area contributed by atoms with Crippen LogP contribution in [0.5, 0.6) is 0 Å². The first-order valence-electron chi connectivity index (χ1n) is 6.12. The van der Waals surface area contributed by atoms with Crippen LogP contribution in [0.15, 0.2) is 24.3 Å². The van der Waals surface area contributed by atoms with Crippen LogP contribution in [0, 0.1) is 0 Å². The average molecular weight is 201 g/mol. The molecule has 0 aromatic heterocycles. The van der Waals surface area contributed by atoms with Crippen molar-refractivity contribution in [3.8, 4) is 0 Å². The van der Waals surface area contributed by atoms with E-state index >= 15 is 0 Å². The van der Waals surface area contributed by atoms with Gasteiger partial charge in [0.05, 0.1) is 0 Å². The molecule has 1 heteroatoms. The molecule has 0 amide bonds. The van der Waals surface area contributed by atoms with Gasteiger partial charge >= 0.3 is 0 Å². The summed E-state index contributed by atoms with van der Waals surface area (Å²) in [6, 6.07) is 10.4. The zero-order valence-corrected chi connectivity index (χ0v) is 9.61. The largest absolute Gasteiger partial charge is 0.294 e. The van der Waals surface area contributed by atoms with Gasteiger partial charge in [-0.1, -0.05) is 24.3 Å². The lowest BCUT2D eigenvalue weighted by atomic mass is 9.95. The van der Waals surface area contributed by atoms with Crippen molar-refractivity contribution in [3.63, 3.8) is 0 Å². The number of hydrogen-bond donors (Lipinski definition) is 0. The maximum Gasteiger partial charge on any atom is 0.0359 e. The van der Waals surface area contributed by atoms with E-state index in [1.54, 1.807) is 11.1 Å². The summed E-state index contributed by atoms with van der Waals surface area (Å²) in [5.41, 5.74) is 3.24. The Hall–Kier alpha value is -0.820. The molecule has 0 saturated carbocycles. The van der Waals surface area contributed by atoms with Crippen LogP contribution in [0.2, 0.25) is 0 Å². The second-order valence-corrected chi connectivity index (χ2v) is 5.20. The van der Waals surface area contributed by atoms with E-state index in [-0.39, 0.29) is 0 Å². The molecule has 2 atom stereocenters. The van der Waals surface area contributed by atoms with E-state index in [2.05, 4.69) is 43.0 Å². The lowest BCUT2D eigenvalue weighted by molar-refractivity contribution is 0.116. The summed E-state index contributed by atoms with van der Waals surface area (Å²) in [4.78, 5) is 2.67. The van der Waals surface area contributed by atoms with Gasteiger partial charge in [0.1, 0.15) is 0 Å². The van der Waals surface area contributed by atoms with Crippen LogP contribution in [0.4, 0.5) is 0 Å². The Balaban J connectivity index is 2.02. The normalized spacial score (nSPS) is 29.5. The van der Waals surface area contributed by atoms with E-state index in [1.807, 2.05) is 0 Å². The first-order valence-corrected chi connectivity index (χ1v) is 6.12. The van der Waals surface area contributed by atoms with Crippen molar-refractivity contribution in [2.24, 2.45) is 0 Å². The van der Waals surface area contributed by atoms with Gasteiger partial charge in [0, 0.05) is 12.1 Å². The maximum atomic E-state index is 2.67. The molecule has 1 aliphatic heterocycles. The van der Waals surface area contributed by atoms with Crippen molar-refractivity contribution >= 4 is 0 Å². The standard InChI is InChI=1S/C14H19N/c1-10(2)15-8-7-11-9-14(15)13-6-4-3-5-12(11)13/h3-6,10-11,14H,7-9H2,1-2H3/t11?,14-/m0/s1. The number of fused-ring (bicyclic) bond motifs is 5. The Kier molecular flexibility index (Phi) is 2.10. The SMILES string of the molecule is CC(C)N1CCC2C[C@H]1c1ccccc12. The minimum Gasteiger partial charge on any atom is -0.294 e. The molecule has 2 bridgehead atoms.